The third-order valence-corrected chi connectivity index (χ3v) is 0.853. The molecule has 1 heterocycles. The van der Waals surface area contributed by atoms with Crippen molar-refractivity contribution in [3.05, 3.63) is 0 Å². The lowest BCUT2D eigenvalue weighted by Crippen LogP contribution is -2.51. The first-order valence-electron chi connectivity index (χ1n) is 3.75. The number of nitrogens with one attached hydrogen (secondary N) is 1. The quantitative estimate of drug-likeness (QED) is 0.239. The van der Waals surface area contributed by atoms with Crippen LogP contribution in [-0.4, -0.2) is 49.1 Å². The van der Waals surface area contributed by atoms with Crippen molar-refractivity contribution < 1.29 is 16.3 Å². The van der Waals surface area contributed by atoms with E-state index in [1.807, 2.05) is 0 Å². The lowest BCUT2D eigenvalue weighted by atomic mass is 10.8. The zero-order valence-electron chi connectivity index (χ0n) is 7.42. The van der Waals surface area contributed by atoms with Gasteiger partial charge in [-0.25, -0.2) is 0 Å². The van der Waals surface area contributed by atoms with Gasteiger partial charge in [0.25, 0.3) is 0 Å². The van der Waals surface area contributed by atoms with E-state index in [1.54, 1.807) is 0 Å². The molecule has 0 bridgehead atoms. The van der Waals surface area contributed by atoms with Gasteiger partial charge in [-0.1, -0.05) is 0 Å². The SMILES string of the molecule is C1CN1.NCCO.O.[NH3+]CCS. The largest absolute Gasteiger partial charge is 0.412 e. The first-order chi connectivity index (χ1) is 5.33. The molecule has 1 rings (SSSR count). The van der Waals surface area contributed by atoms with E-state index >= 15 is 0 Å². The predicted molar refractivity (Wildman–Crippen MR) is 54.2 cm³/mol. The fourth-order valence-electron chi connectivity index (χ4n) is 0. The lowest BCUT2D eigenvalue weighted by Gasteiger charge is -1.71. The first kappa shape index (κ1) is 18.0. The second kappa shape index (κ2) is 22.5. The number of aliphatic hydroxyl groups excluding tert-OH is 1. The molecule has 6 heteroatoms. The van der Waals surface area contributed by atoms with Crippen molar-refractivity contribution in [1.29, 1.82) is 0 Å². The number of quaternary nitrogens is 1. The zero-order chi connectivity index (χ0) is 8.95. The Balaban J connectivity index is -0.0000000975. The number of thiol groups is 1. The molecule has 0 unspecified atom stereocenters. The Hall–Kier alpha value is 0.150. The molecule has 0 radical (unpaired) electrons. The van der Waals surface area contributed by atoms with Crippen LogP contribution in [0.4, 0.5) is 0 Å². The van der Waals surface area contributed by atoms with Crippen LogP contribution in [0.1, 0.15) is 0 Å². The van der Waals surface area contributed by atoms with E-state index in [9.17, 15) is 0 Å². The Morgan fingerprint density at radius 2 is 1.75 bits per heavy atom. The molecule has 78 valence electrons. The van der Waals surface area contributed by atoms with Gasteiger partial charge in [-0.3, -0.25) is 0 Å². The third-order valence-electron chi connectivity index (χ3n) is 0.537. The van der Waals surface area contributed by atoms with Gasteiger partial charge in [0.05, 0.1) is 13.2 Å². The molecule has 0 aromatic carbocycles. The molecular formula is C6H22N3O2S+. The molecule has 0 aliphatic carbocycles. The topological polar surface area (TPSA) is 127 Å². The maximum Gasteiger partial charge on any atom is 0.0829 e. The minimum absolute atomic E-state index is 0. The van der Waals surface area contributed by atoms with Crippen LogP contribution in [0.5, 0.6) is 0 Å². The van der Waals surface area contributed by atoms with E-state index < -0.39 is 0 Å². The molecule has 9 N–H and O–H groups in total. The molecular weight excluding hydrogens is 178 g/mol. The highest BCUT2D eigenvalue weighted by Crippen LogP contribution is 1.65. The van der Waals surface area contributed by atoms with Crippen LogP contribution < -0.4 is 16.8 Å². The van der Waals surface area contributed by atoms with Crippen LogP contribution in [0.25, 0.3) is 0 Å². The number of hydrogen-bond donors (Lipinski definition) is 5. The molecule has 5 nitrogen and oxygen atoms in total. The Morgan fingerprint density at radius 1 is 1.50 bits per heavy atom. The minimum Gasteiger partial charge on any atom is -0.412 e. The maximum atomic E-state index is 7.75. The average molecular weight is 200 g/mol. The molecule has 1 fully saturated rings. The first-order valence-corrected chi connectivity index (χ1v) is 4.38. The van der Waals surface area contributed by atoms with Crippen LogP contribution in [0.15, 0.2) is 0 Å². The summed E-state index contributed by atoms with van der Waals surface area (Å²) in [5.74, 6) is 0.903. The van der Waals surface area contributed by atoms with E-state index in [2.05, 4.69) is 23.7 Å². The Labute approximate surface area is 79.2 Å². The van der Waals surface area contributed by atoms with E-state index in [-0.39, 0.29) is 12.1 Å². The number of nitrogens with two attached hydrogens (primary N) is 1. The van der Waals surface area contributed by atoms with Crippen molar-refractivity contribution >= 4 is 12.6 Å². The van der Waals surface area contributed by atoms with Crippen LogP contribution in [0, 0.1) is 0 Å². The highest BCUT2D eigenvalue weighted by molar-refractivity contribution is 7.80. The number of hydrogen-bond acceptors (Lipinski definition) is 4. The van der Waals surface area contributed by atoms with Crippen molar-refractivity contribution in [2.45, 2.75) is 0 Å². The van der Waals surface area contributed by atoms with E-state index in [0.29, 0.717) is 6.54 Å². The van der Waals surface area contributed by atoms with Crippen LogP contribution in [-0.2, 0) is 0 Å². The summed E-state index contributed by atoms with van der Waals surface area (Å²) in [4.78, 5) is 0. The number of rotatable bonds is 2. The van der Waals surface area contributed by atoms with Crippen LogP contribution in [0.2, 0.25) is 0 Å². The molecule has 0 atom stereocenters. The molecule has 1 saturated heterocycles. The zero-order valence-corrected chi connectivity index (χ0v) is 8.32. The molecule has 0 amide bonds. The van der Waals surface area contributed by atoms with Crippen molar-refractivity contribution in [2.24, 2.45) is 5.73 Å². The van der Waals surface area contributed by atoms with Gasteiger partial charge in [-0.2, -0.15) is 12.6 Å². The third kappa shape index (κ3) is 85.6. The van der Waals surface area contributed by atoms with Crippen LogP contribution in [0.3, 0.4) is 0 Å². The van der Waals surface area contributed by atoms with Gasteiger partial charge in [0, 0.05) is 25.4 Å². The van der Waals surface area contributed by atoms with Gasteiger partial charge in [0.1, 0.15) is 0 Å². The standard InChI is InChI=1S/C2H7NO.C2H7NS.C2H5N.H2O/c2*3-1-2-4;1-2-3-1;/h2*4H,1-3H2;3H,1-2H2;1H2/p+1. The van der Waals surface area contributed by atoms with E-state index in [0.717, 1.165) is 12.3 Å². The summed E-state index contributed by atoms with van der Waals surface area (Å²) in [5.41, 5.74) is 8.31. The summed E-state index contributed by atoms with van der Waals surface area (Å²) in [6, 6.07) is 0. The molecule has 1 aliphatic rings. The highest BCUT2D eigenvalue weighted by atomic mass is 32.1. The van der Waals surface area contributed by atoms with Gasteiger partial charge >= 0.3 is 0 Å². The normalized spacial score (nSPS) is 11.0. The molecule has 0 aromatic rings. The van der Waals surface area contributed by atoms with Crippen molar-refractivity contribution in [1.82, 2.24) is 5.32 Å². The second-order valence-electron chi connectivity index (χ2n) is 1.84. The second-order valence-corrected chi connectivity index (χ2v) is 2.29. The summed E-state index contributed by atoms with van der Waals surface area (Å²) in [7, 11) is 0. The Morgan fingerprint density at radius 3 is 1.75 bits per heavy atom. The molecule has 1 aliphatic heterocycles. The minimum atomic E-state index is 0. The summed E-state index contributed by atoms with van der Waals surface area (Å²) in [6.07, 6.45) is 0. The van der Waals surface area contributed by atoms with Crippen molar-refractivity contribution in [3.63, 3.8) is 0 Å². The van der Waals surface area contributed by atoms with Gasteiger partial charge in [-0.15, -0.1) is 0 Å². The molecule has 0 spiro atoms. The fourth-order valence-corrected chi connectivity index (χ4v) is 0. The van der Waals surface area contributed by atoms with Crippen LogP contribution >= 0.6 is 12.6 Å². The molecule has 0 aromatic heterocycles. The van der Waals surface area contributed by atoms with Crippen molar-refractivity contribution in [2.75, 3.05) is 38.5 Å². The van der Waals surface area contributed by atoms with Gasteiger partial charge in [-0.05, 0) is 0 Å². The van der Waals surface area contributed by atoms with Gasteiger partial charge < -0.3 is 27.4 Å². The van der Waals surface area contributed by atoms with Crippen molar-refractivity contribution in [3.8, 4) is 0 Å². The Kier molecular flexibility index (Phi) is 33.8. The summed E-state index contributed by atoms with van der Waals surface area (Å²) >= 11 is 3.86. The van der Waals surface area contributed by atoms with Gasteiger partial charge in [0.2, 0.25) is 0 Å². The summed E-state index contributed by atoms with van der Waals surface area (Å²) in [5, 5.41) is 10.8. The monoisotopic (exact) mass is 200 g/mol. The Bertz CT molecular complexity index is 47.3. The number of aliphatic hydroxyl groups is 1. The highest BCUT2D eigenvalue weighted by Gasteiger charge is 1.91. The lowest BCUT2D eigenvalue weighted by molar-refractivity contribution is -0.360. The summed E-state index contributed by atoms with van der Waals surface area (Å²) < 4.78 is 0. The average Bonchev–Trinajstić information content (AvgIpc) is 2.90. The van der Waals surface area contributed by atoms with E-state index in [4.69, 9.17) is 10.8 Å². The predicted octanol–water partition coefficient (Wildman–Crippen LogP) is -3.14. The smallest absolute Gasteiger partial charge is 0.0829 e. The van der Waals surface area contributed by atoms with Gasteiger partial charge in [0.15, 0.2) is 0 Å². The molecule has 0 saturated carbocycles. The summed E-state index contributed by atoms with van der Waals surface area (Å²) in [6.45, 7) is 3.91. The maximum absolute atomic E-state index is 7.75. The molecule has 12 heavy (non-hydrogen) atoms. The fraction of sp³-hybridized carbons (Fsp3) is 1.00. The van der Waals surface area contributed by atoms with E-state index in [1.165, 1.54) is 13.1 Å².